The molecule has 3 rings (SSSR count). The Kier molecular flexibility index (Phi) is 3.29. The van der Waals surface area contributed by atoms with Crippen molar-refractivity contribution < 1.29 is 19.0 Å². The lowest BCUT2D eigenvalue weighted by Crippen LogP contribution is -2.21. The molecule has 6 heteroatoms. The summed E-state index contributed by atoms with van der Waals surface area (Å²) in [5, 5.41) is 10.0. The van der Waals surface area contributed by atoms with Gasteiger partial charge in [-0.1, -0.05) is 38.1 Å². The van der Waals surface area contributed by atoms with Gasteiger partial charge in [-0.2, -0.15) is 4.79 Å². The second-order valence-corrected chi connectivity index (χ2v) is 5.44. The number of hydrogen-bond acceptors (Lipinski definition) is 5. The molecule has 114 valence electrons. The van der Waals surface area contributed by atoms with Crippen LogP contribution in [0.2, 0.25) is 0 Å². The molecule has 0 bridgehead atoms. The third-order valence-corrected chi connectivity index (χ3v) is 3.64. The van der Waals surface area contributed by atoms with Crippen LogP contribution in [0.3, 0.4) is 0 Å². The molecule has 1 N–H and O–H groups in total. The van der Waals surface area contributed by atoms with Crippen LogP contribution in [0.4, 0.5) is 0 Å². The Labute approximate surface area is 126 Å². The maximum atomic E-state index is 10.5. The highest BCUT2D eigenvalue weighted by Gasteiger charge is 2.23. The molecule has 2 aromatic carbocycles. The monoisotopic (exact) mass is 301 g/mol. The van der Waals surface area contributed by atoms with Crippen molar-refractivity contribution in [2.75, 3.05) is 0 Å². The zero-order valence-corrected chi connectivity index (χ0v) is 12.1. The van der Waals surface area contributed by atoms with Gasteiger partial charge in [-0.05, 0) is 35.4 Å². The van der Waals surface area contributed by atoms with Gasteiger partial charge in [-0.3, -0.25) is 0 Å². The third-order valence-electron chi connectivity index (χ3n) is 3.64. The van der Waals surface area contributed by atoms with E-state index >= 15 is 0 Å². The van der Waals surface area contributed by atoms with Crippen LogP contribution < -0.4 is 10.7 Å². The lowest BCUT2D eigenvalue weighted by Gasteiger charge is -2.26. The van der Waals surface area contributed by atoms with E-state index in [9.17, 15) is 9.90 Å². The highest BCUT2D eigenvalue weighted by Crippen LogP contribution is 2.33. The standard InChI is InChI=1S/C16H15NO5/c1-16(2,11-3-7-13(18)8-4-11)12-5-9-14(10-6-12)20-17-21-15(19)22-17/h3-10,18H,1-2H3. The van der Waals surface area contributed by atoms with Crippen LogP contribution in [0.1, 0.15) is 25.0 Å². The zero-order valence-electron chi connectivity index (χ0n) is 12.1. The van der Waals surface area contributed by atoms with Crippen LogP contribution in [0.25, 0.3) is 0 Å². The number of benzene rings is 2. The minimum Gasteiger partial charge on any atom is -0.508 e. The fourth-order valence-corrected chi connectivity index (χ4v) is 2.23. The van der Waals surface area contributed by atoms with E-state index in [2.05, 4.69) is 22.9 Å². The molecule has 1 aromatic heterocycles. The van der Waals surface area contributed by atoms with Crippen molar-refractivity contribution in [1.29, 1.82) is 0 Å². The molecule has 0 aliphatic rings. The van der Waals surface area contributed by atoms with Crippen LogP contribution in [0.15, 0.2) is 62.4 Å². The van der Waals surface area contributed by atoms with Crippen LogP contribution in [-0.4, -0.2) is 10.2 Å². The first-order valence-corrected chi connectivity index (χ1v) is 6.73. The Hall–Kier alpha value is -2.89. The first-order valence-electron chi connectivity index (χ1n) is 6.73. The molecule has 3 aromatic rings. The first-order chi connectivity index (χ1) is 10.4. The predicted molar refractivity (Wildman–Crippen MR) is 77.9 cm³/mol. The molecule has 0 aliphatic heterocycles. The molecule has 6 nitrogen and oxygen atoms in total. The maximum Gasteiger partial charge on any atom is 0.568 e. The van der Waals surface area contributed by atoms with Gasteiger partial charge in [0.25, 0.3) is 0 Å². The second-order valence-electron chi connectivity index (χ2n) is 5.44. The van der Waals surface area contributed by atoms with E-state index in [0.29, 0.717) is 10.8 Å². The van der Waals surface area contributed by atoms with Crippen LogP contribution in [0, 0.1) is 0 Å². The molecule has 0 fully saturated rings. The van der Waals surface area contributed by atoms with Crippen molar-refractivity contribution in [3.05, 3.63) is 70.3 Å². The average molecular weight is 301 g/mol. The molecule has 0 amide bonds. The van der Waals surface area contributed by atoms with E-state index in [1.807, 2.05) is 24.3 Å². The largest absolute Gasteiger partial charge is 0.568 e. The molecule has 0 radical (unpaired) electrons. The number of aromatic hydroxyl groups is 1. The molecule has 22 heavy (non-hydrogen) atoms. The van der Waals surface area contributed by atoms with Crippen molar-refractivity contribution in [2.24, 2.45) is 0 Å². The summed E-state index contributed by atoms with van der Waals surface area (Å²) in [5.41, 5.74) is 1.93. The molecule has 0 saturated heterocycles. The summed E-state index contributed by atoms with van der Waals surface area (Å²) in [6.07, 6.45) is 0. The quantitative estimate of drug-likeness (QED) is 0.801. The number of phenolic OH excluding ortho intramolecular Hbond substituents is 1. The summed E-state index contributed by atoms with van der Waals surface area (Å²) in [4.78, 5) is 15.6. The van der Waals surface area contributed by atoms with Crippen LogP contribution in [0.5, 0.6) is 11.5 Å². The first kappa shape index (κ1) is 14.1. The van der Waals surface area contributed by atoms with E-state index in [1.54, 1.807) is 24.3 Å². The van der Waals surface area contributed by atoms with Gasteiger partial charge in [0.15, 0.2) is 10.8 Å². The molecular formula is C16H15NO5. The Morgan fingerprint density at radius 2 is 1.45 bits per heavy atom. The third kappa shape index (κ3) is 2.63. The van der Waals surface area contributed by atoms with Gasteiger partial charge in [-0.25, -0.2) is 9.05 Å². The lowest BCUT2D eigenvalue weighted by molar-refractivity contribution is -0.211. The number of hydrogen-bond donors (Lipinski definition) is 1. The normalized spacial score (nSPS) is 11.5. The lowest BCUT2D eigenvalue weighted by atomic mass is 9.78. The Balaban J connectivity index is 1.82. The smallest absolute Gasteiger partial charge is 0.508 e. The van der Waals surface area contributed by atoms with Gasteiger partial charge < -0.3 is 9.94 Å². The van der Waals surface area contributed by atoms with E-state index in [4.69, 9.17) is 4.84 Å². The van der Waals surface area contributed by atoms with Gasteiger partial charge in [0, 0.05) is 5.41 Å². The average Bonchev–Trinajstić information content (AvgIpc) is 2.47. The van der Waals surface area contributed by atoms with E-state index in [-0.39, 0.29) is 11.2 Å². The maximum absolute atomic E-state index is 10.5. The Morgan fingerprint density at radius 1 is 0.955 bits per heavy atom. The molecule has 0 spiro atoms. The fraction of sp³-hybridized carbons (Fsp3) is 0.188. The van der Waals surface area contributed by atoms with Gasteiger partial charge in [0.2, 0.25) is 0 Å². The number of aromatic nitrogens is 1. The zero-order chi connectivity index (χ0) is 15.7. The van der Waals surface area contributed by atoms with Gasteiger partial charge in [0.05, 0.1) is 0 Å². The van der Waals surface area contributed by atoms with Crippen molar-refractivity contribution in [3.8, 4) is 11.5 Å². The molecule has 1 heterocycles. The van der Waals surface area contributed by atoms with E-state index < -0.39 is 5.82 Å². The highest BCUT2D eigenvalue weighted by molar-refractivity contribution is 5.41. The summed E-state index contributed by atoms with van der Waals surface area (Å²) in [6.45, 7) is 4.19. The van der Waals surface area contributed by atoms with Gasteiger partial charge in [-0.15, -0.1) is 0 Å². The minimum absolute atomic E-state index is 0.230. The number of nitrogens with zero attached hydrogens (tertiary/aromatic N) is 1. The fourth-order valence-electron chi connectivity index (χ4n) is 2.23. The van der Waals surface area contributed by atoms with Gasteiger partial charge in [0.1, 0.15) is 5.75 Å². The highest BCUT2D eigenvalue weighted by atomic mass is 17.0. The number of phenols is 1. The summed E-state index contributed by atoms with van der Waals surface area (Å²) in [7, 11) is 0. The van der Waals surface area contributed by atoms with Crippen molar-refractivity contribution in [1.82, 2.24) is 5.08 Å². The van der Waals surface area contributed by atoms with Crippen LogP contribution in [-0.2, 0) is 5.41 Å². The molecule has 0 atom stereocenters. The van der Waals surface area contributed by atoms with Crippen molar-refractivity contribution >= 4 is 0 Å². The molecule has 0 saturated carbocycles. The SMILES string of the molecule is CC(C)(c1ccc(O)cc1)c1ccc(On2oc(=O)o2)cc1. The summed E-state index contributed by atoms with van der Waals surface area (Å²) < 4.78 is 8.89. The van der Waals surface area contributed by atoms with Crippen molar-refractivity contribution in [3.63, 3.8) is 0 Å². The minimum atomic E-state index is -0.801. The Morgan fingerprint density at radius 3 is 1.95 bits per heavy atom. The summed E-state index contributed by atoms with van der Waals surface area (Å²) in [6, 6.07) is 14.5. The predicted octanol–water partition coefficient (Wildman–Crippen LogP) is 2.91. The number of rotatable bonds is 4. The van der Waals surface area contributed by atoms with E-state index in [0.717, 1.165) is 11.1 Å². The van der Waals surface area contributed by atoms with Crippen LogP contribution >= 0.6 is 0 Å². The Bertz CT molecular complexity index is 790. The second kappa shape index (κ2) is 5.14. The molecule has 0 unspecified atom stereocenters. The van der Waals surface area contributed by atoms with E-state index in [1.165, 1.54) is 0 Å². The topological polar surface area (TPSA) is 77.7 Å². The van der Waals surface area contributed by atoms with Crippen molar-refractivity contribution in [2.45, 2.75) is 19.3 Å². The molecule has 0 aliphatic carbocycles. The van der Waals surface area contributed by atoms with Gasteiger partial charge >= 0.3 is 5.82 Å². The summed E-state index contributed by atoms with van der Waals surface area (Å²) in [5.74, 6) is -0.0739. The molecular weight excluding hydrogens is 286 g/mol. The summed E-state index contributed by atoms with van der Waals surface area (Å²) >= 11 is 0.